The molecule has 0 aliphatic heterocycles. The fourth-order valence-corrected chi connectivity index (χ4v) is 0.230. The highest BCUT2D eigenvalue weighted by molar-refractivity contribution is 4.90. The first-order valence-corrected chi connectivity index (χ1v) is 2.15. The smallest absolute Gasteiger partial charge is 0.104 e. The van der Waals surface area contributed by atoms with Gasteiger partial charge < -0.3 is 0 Å². The lowest BCUT2D eigenvalue weighted by atomic mass is 10.4. The van der Waals surface area contributed by atoms with Crippen molar-refractivity contribution in [2.75, 3.05) is 0 Å². The largest absolute Gasteiger partial charge is 0.211 e. The molecule has 0 aromatic heterocycles. The van der Waals surface area contributed by atoms with Gasteiger partial charge >= 0.3 is 0 Å². The minimum Gasteiger partial charge on any atom is -0.211 e. The molecule has 0 nitrogen and oxygen atoms in total. The zero-order valence-electron chi connectivity index (χ0n) is 4.32. The van der Waals surface area contributed by atoms with Gasteiger partial charge in [-0.25, -0.2) is 4.39 Å². The number of halogens is 1. The van der Waals surface area contributed by atoms with Crippen molar-refractivity contribution in [3.63, 3.8) is 0 Å². The van der Waals surface area contributed by atoms with Gasteiger partial charge in [0.15, 0.2) is 0 Å². The number of hydrogen-bond acceptors (Lipinski definition) is 0. The first kappa shape index (κ1) is 6.41. The molecular formula is C6H8F. The minimum absolute atomic E-state index is 0.247. The molecule has 0 fully saturated rings. The molecule has 0 saturated carbocycles. The predicted molar refractivity (Wildman–Crippen MR) is 28.4 cm³/mol. The molecule has 39 valence electrons. The van der Waals surface area contributed by atoms with Gasteiger partial charge in [-0.1, -0.05) is 12.2 Å². The summed E-state index contributed by atoms with van der Waals surface area (Å²) in [5.41, 5.74) is 0. The highest BCUT2D eigenvalue weighted by Crippen LogP contribution is 1.97. The summed E-state index contributed by atoms with van der Waals surface area (Å²) in [7, 11) is 0. The lowest BCUT2D eigenvalue weighted by molar-refractivity contribution is 0.619. The molecule has 0 aromatic rings. The summed E-state index contributed by atoms with van der Waals surface area (Å²) >= 11 is 0. The Balaban J connectivity index is 3.14. The van der Waals surface area contributed by atoms with Gasteiger partial charge in [-0.15, -0.1) is 0 Å². The second-order valence-electron chi connectivity index (χ2n) is 1.22. The van der Waals surface area contributed by atoms with E-state index in [0.717, 1.165) is 0 Å². The normalized spacial score (nSPS) is 10.0. The molecule has 0 aliphatic rings. The van der Waals surface area contributed by atoms with E-state index in [-0.39, 0.29) is 6.42 Å². The van der Waals surface area contributed by atoms with Crippen LogP contribution in [0.1, 0.15) is 13.3 Å². The Kier molecular flexibility index (Phi) is 3.29. The van der Waals surface area contributed by atoms with Crippen molar-refractivity contribution in [3.05, 3.63) is 24.6 Å². The Labute approximate surface area is 43.4 Å². The topological polar surface area (TPSA) is 0 Å². The molecule has 1 radical (unpaired) electrons. The summed E-state index contributed by atoms with van der Waals surface area (Å²) in [5, 5.41) is 0. The average Bonchev–Trinajstić information content (AvgIpc) is 1.61. The van der Waals surface area contributed by atoms with Gasteiger partial charge in [0.2, 0.25) is 0 Å². The molecule has 0 amide bonds. The Bertz CT molecular complexity index is 82.2. The first-order chi connectivity index (χ1) is 3.27. The van der Waals surface area contributed by atoms with Crippen LogP contribution < -0.4 is 0 Å². The van der Waals surface area contributed by atoms with Crippen molar-refractivity contribution in [1.29, 1.82) is 0 Å². The van der Waals surface area contributed by atoms with Gasteiger partial charge in [-0.3, -0.25) is 0 Å². The molecule has 0 aliphatic carbocycles. The van der Waals surface area contributed by atoms with Crippen LogP contribution in [-0.2, 0) is 0 Å². The summed E-state index contributed by atoms with van der Waals surface area (Å²) in [4.78, 5) is 0. The zero-order chi connectivity index (χ0) is 5.70. The molecule has 0 unspecified atom stereocenters. The molecular weight excluding hydrogens is 91.1 g/mol. The van der Waals surface area contributed by atoms with Crippen molar-refractivity contribution in [2.45, 2.75) is 13.3 Å². The summed E-state index contributed by atoms with van der Waals surface area (Å²) < 4.78 is 11.5. The lowest BCUT2D eigenvalue weighted by Crippen LogP contribution is -1.61. The number of rotatable bonds is 2. The van der Waals surface area contributed by atoms with Crippen LogP contribution in [0.25, 0.3) is 0 Å². The van der Waals surface area contributed by atoms with E-state index in [1.54, 1.807) is 12.2 Å². The SMILES string of the molecule is [CH]=C(F)C/C=C/C. The van der Waals surface area contributed by atoms with E-state index in [1.165, 1.54) is 0 Å². The molecule has 1 heteroatoms. The molecule has 0 N–H and O–H groups in total. The number of hydrogen-bond donors (Lipinski definition) is 0. The van der Waals surface area contributed by atoms with Crippen LogP contribution in [0.2, 0.25) is 0 Å². The van der Waals surface area contributed by atoms with Crippen LogP contribution >= 0.6 is 0 Å². The summed E-state index contributed by atoms with van der Waals surface area (Å²) in [6.45, 7) is 6.50. The zero-order valence-corrected chi connectivity index (χ0v) is 4.32. The first-order valence-electron chi connectivity index (χ1n) is 2.15. The summed E-state index contributed by atoms with van der Waals surface area (Å²) in [6, 6.07) is 0. The molecule has 0 spiro atoms. The van der Waals surface area contributed by atoms with Crippen molar-refractivity contribution in [2.24, 2.45) is 0 Å². The average molecular weight is 99.1 g/mol. The highest BCUT2D eigenvalue weighted by atomic mass is 19.1. The molecule has 0 bridgehead atoms. The maximum atomic E-state index is 11.5. The van der Waals surface area contributed by atoms with E-state index in [1.807, 2.05) is 6.92 Å². The van der Waals surface area contributed by atoms with Gasteiger partial charge in [0.1, 0.15) is 5.83 Å². The molecule has 0 rings (SSSR count). The van der Waals surface area contributed by atoms with Gasteiger partial charge in [0.05, 0.1) is 0 Å². The van der Waals surface area contributed by atoms with E-state index in [2.05, 4.69) is 6.58 Å². The molecule has 0 saturated heterocycles. The van der Waals surface area contributed by atoms with Gasteiger partial charge in [-0.2, -0.15) is 0 Å². The fraction of sp³-hybridized carbons (Fsp3) is 0.333. The van der Waals surface area contributed by atoms with Crippen LogP contribution in [0.3, 0.4) is 0 Å². The second kappa shape index (κ2) is 3.59. The summed E-state index contributed by atoms with van der Waals surface area (Å²) in [6.07, 6.45) is 3.66. The van der Waals surface area contributed by atoms with Crippen LogP contribution in [0.4, 0.5) is 4.39 Å². The molecule has 7 heavy (non-hydrogen) atoms. The lowest BCUT2D eigenvalue weighted by Gasteiger charge is -1.79. The maximum absolute atomic E-state index is 11.5. The van der Waals surface area contributed by atoms with E-state index in [9.17, 15) is 4.39 Å². The van der Waals surface area contributed by atoms with Crippen LogP contribution in [0, 0.1) is 6.58 Å². The van der Waals surface area contributed by atoms with E-state index in [4.69, 9.17) is 0 Å². The van der Waals surface area contributed by atoms with Crippen LogP contribution in [-0.4, -0.2) is 0 Å². The van der Waals surface area contributed by atoms with Gasteiger partial charge in [0.25, 0.3) is 0 Å². The standard InChI is InChI=1S/C6H8F/c1-3-4-5-6(2)7/h2-4H,5H2,1H3/b4-3+,6-2?. The minimum atomic E-state index is -0.530. The third-order valence-corrected chi connectivity index (χ3v) is 0.549. The highest BCUT2D eigenvalue weighted by Gasteiger charge is 1.79. The summed E-state index contributed by atoms with van der Waals surface area (Å²) in [5.74, 6) is -0.530. The third-order valence-electron chi connectivity index (χ3n) is 0.549. The number of allylic oxidation sites excluding steroid dienone is 3. The van der Waals surface area contributed by atoms with Crippen molar-refractivity contribution in [1.82, 2.24) is 0 Å². The molecule has 0 heterocycles. The predicted octanol–water partition coefficient (Wildman–Crippen LogP) is 2.24. The van der Waals surface area contributed by atoms with Crippen molar-refractivity contribution in [3.8, 4) is 0 Å². The second-order valence-corrected chi connectivity index (χ2v) is 1.22. The van der Waals surface area contributed by atoms with Crippen LogP contribution in [0.5, 0.6) is 0 Å². The molecule has 0 aromatic carbocycles. The third kappa shape index (κ3) is 5.41. The van der Waals surface area contributed by atoms with E-state index in [0.29, 0.717) is 0 Å². The van der Waals surface area contributed by atoms with Crippen molar-refractivity contribution < 1.29 is 4.39 Å². The van der Waals surface area contributed by atoms with Gasteiger partial charge in [-0.05, 0) is 13.5 Å². The Morgan fingerprint density at radius 3 is 2.57 bits per heavy atom. The Hall–Kier alpha value is -0.590. The van der Waals surface area contributed by atoms with Crippen molar-refractivity contribution >= 4 is 0 Å². The monoisotopic (exact) mass is 99.1 g/mol. The van der Waals surface area contributed by atoms with Gasteiger partial charge in [0, 0.05) is 6.42 Å². The Morgan fingerprint density at radius 2 is 2.43 bits per heavy atom. The fourth-order valence-electron chi connectivity index (χ4n) is 0.230. The quantitative estimate of drug-likeness (QED) is 0.466. The van der Waals surface area contributed by atoms with E-state index >= 15 is 0 Å². The van der Waals surface area contributed by atoms with Crippen LogP contribution in [0.15, 0.2) is 18.0 Å². The maximum Gasteiger partial charge on any atom is 0.104 e. The van der Waals surface area contributed by atoms with E-state index < -0.39 is 5.83 Å². The molecule has 0 atom stereocenters. The Morgan fingerprint density at radius 1 is 1.86 bits per heavy atom.